The third kappa shape index (κ3) is 4.68. The fourth-order valence-electron chi connectivity index (χ4n) is 2.19. The molecule has 0 aliphatic heterocycles. The molecule has 120 valence electrons. The molecule has 4 nitrogen and oxygen atoms in total. The second kappa shape index (κ2) is 7.58. The molecule has 2 aromatic rings. The fraction of sp³-hybridized carbons (Fsp3) is 0.263. The third-order valence-electron chi connectivity index (χ3n) is 3.70. The van der Waals surface area contributed by atoms with E-state index in [1.54, 1.807) is 36.2 Å². The van der Waals surface area contributed by atoms with E-state index < -0.39 is 0 Å². The van der Waals surface area contributed by atoms with E-state index >= 15 is 0 Å². The summed E-state index contributed by atoms with van der Waals surface area (Å²) in [6.45, 7) is 4.02. The SMILES string of the molecule is CC(=O)c1cccc(OCC(=O)N(C)Cc2ccccc2C)c1. The van der Waals surface area contributed by atoms with Crippen molar-refractivity contribution < 1.29 is 14.3 Å². The first-order valence-corrected chi connectivity index (χ1v) is 7.49. The van der Waals surface area contributed by atoms with Crippen LogP contribution in [0.1, 0.15) is 28.4 Å². The smallest absolute Gasteiger partial charge is 0.260 e. The molecule has 2 rings (SSSR count). The van der Waals surface area contributed by atoms with E-state index in [0.717, 1.165) is 11.1 Å². The second-order valence-corrected chi connectivity index (χ2v) is 5.55. The Bertz CT molecular complexity index is 709. The first kappa shape index (κ1) is 16.7. The van der Waals surface area contributed by atoms with E-state index in [2.05, 4.69) is 0 Å². The summed E-state index contributed by atoms with van der Waals surface area (Å²) in [5, 5.41) is 0. The molecule has 0 atom stereocenters. The van der Waals surface area contributed by atoms with Crippen molar-refractivity contribution in [2.75, 3.05) is 13.7 Å². The Balaban J connectivity index is 1.93. The average Bonchev–Trinajstić information content (AvgIpc) is 2.55. The molecule has 0 spiro atoms. The van der Waals surface area contributed by atoms with E-state index in [1.807, 2.05) is 31.2 Å². The number of likely N-dealkylation sites (N-methyl/N-ethyl adjacent to an activating group) is 1. The summed E-state index contributed by atoms with van der Waals surface area (Å²) in [4.78, 5) is 25.2. The van der Waals surface area contributed by atoms with Gasteiger partial charge in [-0.2, -0.15) is 0 Å². The van der Waals surface area contributed by atoms with Crippen LogP contribution in [0.3, 0.4) is 0 Å². The molecule has 4 heteroatoms. The number of carbonyl (C=O) groups excluding carboxylic acids is 2. The molecule has 0 saturated heterocycles. The molecule has 0 saturated carbocycles. The van der Waals surface area contributed by atoms with E-state index in [1.165, 1.54) is 6.92 Å². The van der Waals surface area contributed by atoms with Crippen molar-refractivity contribution in [2.24, 2.45) is 0 Å². The molecule has 0 aliphatic rings. The van der Waals surface area contributed by atoms with Crippen LogP contribution in [-0.2, 0) is 11.3 Å². The highest BCUT2D eigenvalue weighted by Gasteiger charge is 2.11. The van der Waals surface area contributed by atoms with Crippen LogP contribution in [0.25, 0.3) is 0 Å². The van der Waals surface area contributed by atoms with Gasteiger partial charge in [0.15, 0.2) is 12.4 Å². The normalized spacial score (nSPS) is 10.2. The Kier molecular flexibility index (Phi) is 5.52. The van der Waals surface area contributed by atoms with Crippen molar-refractivity contribution in [3.63, 3.8) is 0 Å². The summed E-state index contributed by atoms with van der Waals surface area (Å²) in [5.74, 6) is 0.385. The van der Waals surface area contributed by atoms with Crippen molar-refractivity contribution in [2.45, 2.75) is 20.4 Å². The topological polar surface area (TPSA) is 46.6 Å². The zero-order valence-corrected chi connectivity index (χ0v) is 13.7. The number of amides is 1. The minimum absolute atomic E-state index is 0.0292. The summed E-state index contributed by atoms with van der Waals surface area (Å²) in [6, 6.07) is 14.8. The summed E-state index contributed by atoms with van der Waals surface area (Å²) in [5.41, 5.74) is 2.84. The maximum Gasteiger partial charge on any atom is 0.260 e. The largest absolute Gasteiger partial charge is 0.484 e. The molecular formula is C19H21NO3. The number of ether oxygens (including phenoxy) is 1. The molecule has 23 heavy (non-hydrogen) atoms. The van der Waals surface area contributed by atoms with Crippen LogP contribution in [0.4, 0.5) is 0 Å². The van der Waals surface area contributed by atoms with E-state index in [4.69, 9.17) is 4.74 Å². The monoisotopic (exact) mass is 311 g/mol. The van der Waals surface area contributed by atoms with Crippen LogP contribution < -0.4 is 4.74 Å². The Morgan fingerprint density at radius 3 is 2.52 bits per heavy atom. The second-order valence-electron chi connectivity index (χ2n) is 5.55. The lowest BCUT2D eigenvalue weighted by Gasteiger charge is -2.18. The summed E-state index contributed by atoms with van der Waals surface area (Å²) >= 11 is 0. The molecule has 0 aliphatic carbocycles. The number of Topliss-reactive ketones (excluding diaryl/α,β-unsaturated/α-hetero) is 1. The first-order valence-electron chi connectivity index (χ1n) is 7.49. The van der Waals surface area contributed by atoms with Gasteiger partial charge in [0.1, 0.15) is 5.75 Å². The number of benzene rings is 2. The minimum Gasteiger partial charge on any atom is -0.484 e. The van der Waals surface area contributed by atoms with Gasteiger partial charge in [0.2, 0.25) is 0 Å². The number of rotatable bonds is 6. The zero-order valence-electron chi connectivity index (χ0n) is 13.7. The summed E-state index contributed by atoms with van der Waals surface area (Å²) < 4.78 is 5.50. The van der Waals surface area contributed by atoms with Crippen molar-refractivity contribution in [1.82, 2.24) is 4.90 Å². The van der Waals surface area contributed by atoms with Gasteiger partial charge in [-0.1, -0.05) is 36.4 Å². The molecule has 0 N–H and O–H groups in total. The lowest BCUT2D eigenvalue weighted by molar-refractivity contribution is -0.132. The molecule has 0 unspecified atom stereocenters. The van der Waals surface area contributed by atoms with Crippen molar-refractivity contribution in [3.8, 4) is 5.75 Å². The standard InChI is InChI=1S/C19H21NO3/c1-14-7-4-5-8-17(14)12-20(3)19(22)13-23-18-10-6-9-16(11-18)15(2)21/h4-11H,12-13H2,1-3H3. The Labute approximate surface area is 136 Å². The van der Waals surface area contributed by atoms with Crippen molar-refractivity contribution >= 4 is 11.7 Å². The van der Waals surface area contributed by atoms with Crippen molar-refractivity contribution in [3.05, 3.63) is 65.2 Å². The van der Waals surface area contributed by atoms with Gasteiger partial charge in [-0.15, -0.1) is 0 Å². The molecule has 0 aromatic heterocycles. The van der Waals surface area contributed by atoms with Gasteiger partial charge in [-0.3, -0.25) is 9.59 Å². The van der Waals surface area contributed by atoms with Gasteiger partial charge in [0.05, 0.1) is 0 Å². The highest BCUT2D eigenvalue weighted by Crippen LogP contribution is 2.14. The molecular weight excluding hydrogens is 290 g/mol. The number of aryl methyl sites for hydroxylation is 1. The van der Waals surface area contributed by atoms with Gasteiger partial charge < -0.3 is 9.64 Å². The van der Waals surface area contributed by atoms with Crippen LogP contribution >= 0.6 is 0 Å². The van der Waals surface area contributed by atoms with Gasteiger partial charge in [0.25, 0.3) is 5.91 Å². The quantitative estimate of drug-likeness (QED) is 0.769. The van der Waals surface area contributed by atoms with Crippen LogP contribution in [0.5, 0.6) is 5.75 Å². The van der Waals surface area contributed by atoms with E-state index in [-0.39, 0.29) is 18.3 Å². The van der Waals surface area contributed by atoms with Gasteiger partial charge >= 0.3 is 0 Å². The van der Waals surface area contributed by atoms with Crippen LogP contribution in [0.15, 0.2) is 48.5 Å². The highest BCUT2D eigenvalue weighted by molar-refractivity contribution is 5.94. The lowest BCUT2D eigenvalue weighted by Crippen LogP contribution is -2.31. The van der Waals surface area contributed by atoms with Crippen LogP contribution in [0, 0.1) is 6.92 Å². The summed E-state index contributed by atoms with van der Waals surface area (Å²) in [7, 11) is 1.75. The van der Waals surface area contributed by atoms with E-state index in [9.17, 15) is 9.59 Å². The predicted octanol–water partition coefficient (Wildman–Crippen LogP) is 3.24. The van der Waals surface area contributed by atoms with Crippen LogP contribution in [-0.4, -0.2) is 30.2 Å². The molecule has 0 bridgehead atoms. The lowest BCUT2D eigenvalue weighted by atomic mass is 10.1. The molecule has 0 fully saturated rings. The number of ketones is 1. The molecule has 0 heterocycles. The van der Waals surface area contributed by atoms with E-state index in [0.29, 0.717) is 17.9 Å². The zero-order chi connectivity index (χ0) is 16.8. The predicted molar refractivity (Wildman–Crippen MR) is 89.6 cm³/mol. The van der Waals surface area contributed by atoms with Crippen LogP contribution in [0.2, 0.25) is 0 Å². The molecule has 0 radical (unpaired) electrons. The van der Waals surface area contributed by atoms with Gasteiger partial charge in [-0.25, -0.2) is 0 Å². The average molecular weight is 311 g/mol. The molecule has 2 aromatic carbocycles. The third-order valence-corrected chi connectivity index (χ3v) is 3.70. The summed E-state index contributed by atoms with van der Waals surface area (Å²) in [6.07, 6.45) is 0. The minimum atomic E-state index is -0.110. The maximum absolute atomic E-state index is 12.2. The Morgan fingerprint density at radius 1 is 1.09 bits per heavy atom. The fourth-order valence-corrected chi connectivity index (χ4v) is 2.19. The highest BCUT2D eigenvalue weighted by atomic mass is 16.5. The van der Waals surface area contributed by atoms with Crippen molar-refractivity contribution in [1.29, 1.82) is 0 Å². The number of nitrogens with zero attached hydrogens (tertiary/aromatic N) is 1. The molecule has 1 amide bonds. The number of carbonyl (C=O) groups is 2. The Hall–Kier alpha value is -2.62. The van der Waals surface area contributed by atoms with Gasteiger partial charge in [0, 0.05) is 19.2 Å². The maximum atomic E-state index is 12.2. The Morgan fingerprint density at radius 2 is 1.83 bits per heavy atom. The van der Waals surface area contributed by atoms with Gasteiger partial charge in [-0.05, 0) is 37.1 Å². The first-order chi connectivity index (χ1) is 11.0. The number of hydrogen-bond acceptors (Lipinski definition) is 3. The number of hydrogen-bond donors (Lipinski definition) is 0.